The van der Waals surface area contributed by atoms with Crippen molar-refractivity contribution in [1.82, 2.24) is 9.62 Å². The minimum atomic E-state index is -3.55. The lowest BCUT2D eigenvalue weighted by atomic mass is 9.95. The molecule has 5 nitrogen and oxygen atoms in total. The summed E-state index contributed by atoms with van der Waals surface area (Å²) in [6.07, 6.45) is 0.737. The summed E-state index contributed by atoms with van der Waals surface area (Å²) in [5, 5.41) is 0. The molecule has 0 amide bonds. The number of halogens is 1. The molecule has 0 aromatic heterocycles. The average molecular weight is 448 g/mol. The number of anilines is 1. The SMILES string of the molecule is Cc1c(C)c(C)c(S(=O)(=O)NCCCN2CCN(c3ccccc3F)CC2)c(C)c1C. The third kappa shape index (κ3) is 5.10. The molecular formula is C24H34FN3O2S. The molecule has 170 valence electrons. The van der Waals surface area contributed by atoms with Gasteiger partial charge in [0.25, 0.3) is 0 Å². The van der Waals surface area contributed by atoms with E-state index in [1.165, 1.54) is 6.07 Å². The van der Waals surface area contributed by atoms with Gasteiger partial charge in [-0.3, -0.25) is 4.90 Å². The first-order chi connectivity index (χ1) is 14.6. The molecular weight excluding hydrogens is 413 g/mol. The second-order valence-corrected chi connectivity index (χ2v) is 10.2. The van der Waals surface area contributed by atoms with Crippen LogP contribution in [0.1, 0.15) is 34.2 Å². The van der Waals surface area contributed by atoms with Crippen molar-refractivity contribution >= 4 is 15.7 Å². The standard InChI is InChI=1S/C24H34FN3O2S/c1-17-18(2)20(4)24(21(5)19(17)3)31(29,30)26-11-8-12-27-13-15-28(16-14-27)23-10-7-6-9-22(23)25/h6-7,9-10,26H,8,11-16H2,1-5H3. The van der Waals surface area contributed by atoms with Gasteiger partial charge in [0.05, 0.1) is 10.6 Å². The van der Waals surface area contributed by atoms with Crippen molar-refractivity contribution in [2.75, 3.05) is 44.2 Å². The molecule has 1 fully saturated rings. The molecule has 1 N–H and O–H groups in total. The molecule has 0 atom stereocenters. The fourth-order valence-corrected chi connectivity index (χ4v) is 6.04. The zero-order valence-electron chi connectivity index (χ0n) is 19.3. The summed E-state index contributed by atoms with van der Waals surface area (Å²) in [5.74, 6) is -0.183. The number of sulfonamides is 1. The van der Waals surface area contributed by atoms with Crippen LogP contribution in [-0.2, 0) is 10.0 Å². The Morgan fingerprint density at radius 3 is 2.00 bits per heavy atom. The van der Waals surface area contributed by atoms with E-state index in [0.717, 1.165) is 67.0 Å². The van der Waals surface area contributed by atoms with Crippen LogP contribution in [0.25, 0.3) is 0 Å². The molecule has 0 aliphatic carbocycles. The number of hydrogen-bond donors (Lipinski definition) is 1. The van der Waals surface area contributed by atoms with Gasteiger partial charge in [-0.1, -0.05) is 12.1 Å². The van der Waals surface area contributed by atoms with E-state index in [2.05, 4.69) is 14.5 Å². The van der Waals surface area contributed by atoms with E-state index in [1.807, 2.05) is 46.8 Å². The highest BCUT2D eigenvalue weighted by Crippen LogP contribution is 2.29. The summed E-state index contributed by atoms with van der Waals surface area (Å²) < 4.78 is 42.8. The van der Waals surface area contributed by atoms with E-state index in [4.69, 9.17) is 0 Å². The summed E-state index contributed by atoms with van der Waals surface area (Å²) in [6, 6.07) is 6.88. The highest BCUT2D eigenvalue weighted by molar-refractivity contribution is 7.89. The summed E-state index contributed by atoms with van der Waals surface area (Å²) in [6.45, 7) is 14.2. The molecule has 2 aromatic rings. The van der Waals surface area contributed by atoms with Crippen LogP contribution in [0.3, 0.4) is 0 Å². The summed E-state index contributed by atoms with van der Waals surface area (Å²) in [5.41, 5.74) is 5.55. The highest BCUT2D eigenvalue weighted by atomic mass is 32.2. The topological polar surface area (TPSA) is 52.7 Å². The number of benzene rings is 2. The maximum absolute atomic E-state index is 14.0. The first kappa shape index (κ1) is 23.7. The molecule has 3 rings (SSSR count). The van der Waals surface area contributed by atoms with Crippen LogP contribution in [0.2, 0.25) is 0 Å². The van der Waals surface area contributed by atoms with Gasteiger partial charge >= 0.3 is 0 Å². The third-order valence-corrected chi connectivity index (χ3v) is 8.44. The molecule has 7 heteroatoms. The van der Waals surface area contributed by atoms with Crippen molar-refractivity contribution < 1.29 is 12.8 Å². The second kappa shape index (κ2) is 9.67. The van der Waals surface area contributed by atoms with Gasteiger partial charge in [0.2, 0.25) is 10.0 Å². The first-order valence-electron chi connectivity index (χ1n) is 10.9. The molecule has 1 heterocycles. The number of hydrogen-bond acceptors (Lipinski definition) is 4. The van der Waals surface area contributed by atoms with Crippen molar-refractivity contribution in [2.45, 2.75) is 45.9 Å². The Kier molecular flexibility index (Phi) is 7.39. The van der Waals surface area contributed by atoms with Crippen molar-refractivity contribution in [1.29, 1.82) is 0 Å². The van der Waals surface area contributed by atoms with E-state index in [1.54, 1.807) is 6.07 Å². The minimum Gasteiger partial charge on any atom is -0.367 e. The zero-order chi connectivity index (χ0) is 22.8. The Morgan fingerprint density at radius 1 is 0.871 bits per heavy atom. The van der Waals surface area contributed by atoms with Crippen LogP contribution >= 0.6 is 0 Å². The molecule has 1 aliphatic rings. The molecule has 2 aromatic carbocycles. The maximum atomic E-state index is 14.0. The molecule has 0 unspecified atom stereocenters. The van der Waals surface area contributed by atoms with E-state index in [0.29, 0.717) is 17.1 Å². The number of para-hydroxylation sites is 1. The largest absolute Gasteiger partial charge is 0.367 e. The van der Waals surface area contributed by atoms with Gasteiger partial charge < -0.3 is 4.90 Å². The van der Waals surface area contributed by atoms with Crippen LogP contribution in [0.4, 0.5) is 10.1 Å². The summed E-state index contributed by atoms with van der Waals surface area (Å²) in [4.78, 5) is 4.80. The third-order valence-electron chi connectivity index (χ3n) is 6.71. The predicted octanol–water partition coefficient (Wildman–Crippen LogP) is 3.86. The van der Waals surface area contributed by atoms with Gasteiger partial charge in [-0.2, -0.15) is 0 Å². The first-order valence-corrected chi connectivity index (χ1v) is 12.4. The molecule has 0 spiro atoms. The smallest absolute Gasteiger partial charge is 0.241 e. The van der Waals surface area contributed by atoms with E-state index in [-0.39, 0.29) is 5.82 Å². The Morgan fingerprint density at radius 2 is 1.42 bits per heavy atom. The van der Waals surface area contributed by atoms with Crippen molar-refractivity contribution in [3.8, 4) is 0 Å². The monoisotopic (exact) mass is 447 g/mol. The molecule has 0 bridgehead atoms. The fourth-order valence-electron chi connectivity index (χ4n) is 4.37. The van der Waals surface area contributed by atoms with Crippen molar-refractivity contribution in [3.63, 3.8) is 0 Å². The lowest BCUT2D eigenvalue weighted by Gasteiger charge is -2.36. The summed E-state index contributed by atoms with van der Waals surface area (Å²) in [7, 11) is -3.55. The Hall–Kier alpha value is -1.96. The van der Waals surface area contributed by atoms with Gasteiger partial charge in [-0.15, -0.1) is 0 Å². The van der Waals surface area contributed by atoms with Gasteiger partial charge in [0.1, 0.15) is 5.82 Å². The number of piperazine rings is 1. The quantitative estimate of drug-likeness (QED) is 0.655. The Labute approximate surface area is 186 Å². The molecule has 0 radical (unpaired) electrons. The Balaban J connectivity index is 1.52. The number of nitrogens with one attached hydrogen (secondary N) is 1. The van der Waals surface area contributed by atoms with Crippen molar-refractivity contribution in [3.05, 3.63) is 57.9 Å². The lowest BCUT2D eigenvalue weighted by molar-refractivity contribution is 0.255. The minimum absolute atomic E-state index is 0.183. The predicted molar refractivity (Wildman–Crippen MR) is 125 cm³/mol. The zero-order valence-corrected chi connectivity index (χ0v) is 20.1. The van der Waals surface area contributed by atoms with Gasteiger partial charge in [-0.05, 0) is 87.5 Å². The van der Waals surface area contributed by atoms with Crippen LogP contribution in [0.15, 0.2) is 29.2 Å². The molecule has 1 saturated heterocycles. The van der Waals surface area contributed by atoms with E-state index >= 15 is 0 Å². The van der Waals surface area contributed by atoms with Crippen molar-refractivity contribution in [2.24, 2.45) is 0 Å². The van der Waals surface area contributed by atoms with Crippen LogP contribution in [-0.4, -0.2) is 52.6 Å². The normalized spacial score (nSPS) is 15.5. The van der Waals surface area contributed by atoms with Crippen LogP contribution in [0, 0.1) is 40.4 Å². The van der Waals surface area contributed by atoms with E-state index in [9.17, 15) is 12.8 Å². The Bertz CT molecular complexity index is 1020. The average Bonchev–Trinajstić information content (AvgIpc) is 2.75. The van der Waals surface area contributed by atoms with E-state index < -0.39 is 10.0 Å². The fraction of sp³-hybridized carbons (Fsp3) is 0.500. The van der Waals surface area contributed by atoms with Gasteiger partial charge in [0, 0.05) is 32.7 Å². The molecule has 0 saturated carbocycles. The maximum Gasteiger partial charge on any atom is 0.241 e. The van der Waals surface area contributed by atoms with Crippen LogP contribution < -0.4 is 9.62 Å². The molecule has 31 heavy (non-hydrogen) atoms. The van der Waals surface area contributed by atoms with Gasteiger partial charge in [-0.25, -0.2) is 17.5 Å². The second-order valence-electron chi connectivity index (χ2n) is 8.49. The van der Waals surface area contributed by atoms with Gasteiger partial charge in [0.15, 0.2) is 0 Å². The highest BCUT2D eigenvalue weighted by Gasteiger charge is 2.24. The number of nitrogens with zero attached hydrogens (tertiary/aromatic N) is 2. The summed E-state index contributed by atoms with van der Waals surface area (Å²) >= 11 is 0. The number of rotatable bonds is 7. The van der Waals surface area contributed by atoms with Crippen LogP contribution in [0.5, 0.6) is 0 Å². The lowest BCUT2D eigenvalue weighted by Crippen LogP contribution is -2.47. The molecule has 1 aliphatic heterocycles.